The number of hydrogen-bond donors (Lipinski definition) is 1. The van der Waals surface area contributed by atoms with Crippen molar-refractivity contribution in [3.8, 4) is 0 Å². The van der Waals surface area contributed by atoms with Gasteiger partial charge in [-0.1, -0.05) is 6.08 Å². The molecule has 0 bridgehead atoms. The van der Waals surface area contributed by atoms with Gasteiger partial charge in [-0.15, -0.1) is 0 Å². The Morgan fingerprint density at radius 2 is 1.87 bits per heavy atom. The molecule has 0 aromatic heterocycles. The molecule has 5 heteroatoms. The van der Waals surface area contributed by atoms with E-state index in [4.69, 9.17) is 4.74 Å². The summed E-state index contributed by atoms with van der Waals surface area (Å²) in [5, 5.41) is 2.30. The minimum atomic E-state index is -0.680. The highest BCUT2D eigenvalue weighted by molar-refractivity contribution is 5.92. The molecule has 0 spiro atoms. The van der Waals surface area contributed by atoms with Crippen LogP contribution in [0.1, 0.15) is 29.1 Å². The number of ether oxygens (including phenoxy) is 2. The Kier molecular flexibility index (Phi) is 4.84. The van der Waals surface area contributed by atoms with Crippen molar-refractivity contribution in [3.05, 3.63) is 11.8 Å². The molecule has 0 rings (SSSR count). The highest BCUT2D eigenvalue weighted by Crippen LogP contribution is 2.07. The summed E-state index contributed by atoms with van der Waals surface area (Å²) in [6, 6.07) is 0. The molecule has 88 valence electrons. The van der Waals surface area contributed by atoms with Gasteiger partial charge >= 0.3 is 12.1 Å². The maximum absolute atomic E-state index is 11.3. The van der Waals surface area contributed by atoms with Gasteiger partial charge in [-0.05, 0) is 27.7 Å². The van der Waals surface area contributed by atoms with Crippen LogP contribution in [0.5, 0.6) is 0 Å². The Hall–Kier alpha value is -1.52. The lowest BCUT2D eigenvalue weighted by Gasteiger charge is -2.19. The number of carbonyl (C=O) groups is 2. The van der Waals surface area contributed by atoms with Gasteiger partial charge < -0.3 is 9.47 Å². The number of nitrogens with one attached hydrogen (secondary N) is 1. The molecule has 0 saturated carbocycles. The Morgan fingerprint density at radius 3 is 2.20 bits per heavy atom. The van der Waals surface area contributed by atoms with Crippen LogP contribution in [0.3, 0.4) is 0 Å². The first-order valence-corrected chi connectivity index (χ1v) is 4.54. The summed E-state index contributed by atoms with van der Waals surface area (Å²) in [4.78, 5) is 22.3. The van der Waals surface area contributed by atoms with Gasteiger partial charge in [-0.2, -0.15) is 0 Å². The molecule has 5 nitrogen and oxygen atoms in total. The second-order valence-corrected chi connectivity index (χ2v) is 3.82. The van der Waals surface area contributed by atoms with Crippen LogP contribution in [-0.4, -0.2) is 24.8 Å². The minimum Gasteiger partial charge on any atom is -0.464 e. The number of rotatable bonds is 2. The third-order valence-corrected chi connectivity index (χ3v) is 1.33. The maximum atomic E-state index is 11.3. The molecule has 0 aliphatic heterocycles. The zero-order valence-corrected chi connectivity index (χ0v) is 9.71. The maximum Gasteiger partial charge on any atom is 0.412 e. The number of methoxy groups -OCH3 is 1. The number of allylic oxidation sites excluding steroid dienone is 1. The number of carbonyl (C=O) groups excluding carboxylic acids is 2. The smallest absolute Gasteiger partial charge is 0.412 e. The molecule has 1 amide bonds. The number of esters is 1. The Morgan fingerprint density at radius 1 is 1.33 bits per heavy atom. The number of amides is 1. The highest BCUT2D eigenvalue weighted by atomic mass is 16.6. The van der Waals surface area contributed by atoms with Crippen LogP contribution in [0.4, 0.5) is 4.79 Å². The van der Waals surface area contributed by atoms with Crippen LogP contribution in [0.2, 0.25) is 0 Å². The molecule has 0 aromatic carbocycles. The molecule has 1 N–H and O–H groups in total. The van der Waals surface area contributed by atoms with Crippen molar-refractivity contribution in [2.24, 2.45) is 0 Å². The van der Waals surface area contributed by atoms with Crippen LogP contribution in [-0.2, 0) is 14.3 Å². The Balaban J connectivity index is 0. The topological polar surface area (TPSA) is 64.6 Å². The summed E-state index contributed by atoms with van der Waals surface area (Å²) in [5.41, 5.74) is -0.536. The summed E-state index contributed by atoms with van der Waals surface area (Å²) in [6.45, 7) is 6.82. The van der Waals surface area contributed by atoms with E-state index >= 15 is 0 Å². The lowest BCUT2D eigenvalue weighted by atomic mass is 10.2. The minimum absolute atomic E-state index is 0. The average molecular weight is 217 g/mol. The predicted octanol–water partition coefficient (Wildman–Crippen LogP) is 1.83. The molecule has 0 radical (unpaired) electrons. The average Bonchev–Trinajstić information content (AvgIpc) is 2.10. The van der Waals surface area contributed by atoms with Crippen molar-refractivity contribution in [1.29, 1.82) is 0 Å². The van der Waals surface area contributed by atoms with E-state index in [0.717, 1.165) is 0 Å². The van der Waals surface area contributed by atoms with E-state index in [-0.39, 0.29) is 7.12 Å². The monoisotopic (exact) mass is 217 g/mol. The molecule has 0 aromatic rings. The molecule has 0 fully saturated rings. The summed E-state index contributed by atoms with van der Waals surface area (Å²) in [6.07, 6.45) is 0.761. The standard InChI is InChI=1S/C10H17NO4.H2/c1-6-7(8(12)14-5)11-9(13)15-10(2,3)4;/h6H,1-5H3,(H,11,13);1H/b7-6+;. The van der Waals surface area contributed by atoms with Gasteiger partial charge in [0.25, 0.3) is 0 Å². The van der Waals surface area contributed by atoms with E-state index in [1.807, 2.05) is 0 Å². The summed E-state index contributed by atoms with van der Waals surface area (Å²) < 4.78 is 9.42. The lowest BCUT2D eigenvalue weighted by Crippen LogP contribution is -2.34. The summed E-state index contributed by atoms with van der Waals surface area (Å²) >= 11 is 0. The Bertz CT molecular complexity index is 281. The van der Waals surface area contributed by atoms with E-state index in [9.17, 15) is 9.59 Å². The van der Waals surface area contributed by atoms with E-state index in [2.05, 4.69) is 10.1 Å². The van der Waals surface area contributed by atoms with Crippen molar-refractivity contribution in [3.63, 3.8) is 0 Å². The van der Waals surface area contributed by atoms with Gasteiger partial charge in [-0.25, -0.2) is 9.59 Å². The predicted molar refractivity (Wildman–Crippen MR) is 57.3 cm³/mol. The fourth-order valence-electron chi connectivity index (χ4n) is 0.765. The third kappa shape index (κ3) is 5.72. The van der Waals surface area contributed by atoms with Gasteiger partial charge in [0, 0.05) is 1.43 Å². The molecular formula is C10H19NO4. The third-order valence-electron chi connectivity index (χ3n) is 1.33. The molecule has 0 aliphatic rings. The van der Waals surface area contributed by atoms with Gasteiger partial charge in [0.05, 0.1) is 7.11 Å². The van der Waals surface area contributed by atoms with Crippen molar-refractivity contribution < 1.29 is 20.5 Å². The van der Waals surface area contributed by atoms with Gasteiger partial charge in [0.2, 0.25) is 0 Å². The molecule has 0 saturated heterocycles. The summed E-state index contributed by atoms with van der Waals surface area (Å²) in [7, 11) is 1.24. The first-order chi connectivity index (χ1) is 6.80. The van der Waals surface area contributed by atoms with E-state index in [1.165, 1.54) is 13.2 Å². The van der Waals surface area contributed by atoms with E-state index in [1.54, 1.807) is 27.7 Å². The van der Waals surface area contributed by atoms with Gasteiger partial charge in [0.1, 0.15) is 11.3 Å². The van der Waals surface area contributed by atoms with E-state index in [0.29, 0.717) is 0 Å². The van der Waals surface area contributed by atoms with Crippen LogP contribution in [0.25, 0.3) is 0 Å². The fraction of sp³-hybridized carbons (Fsp3) is 0.600. The van der Waals surface area contributed by atoms with Crippen molar-refractivity contribution in [2.75, 3.05) is 7.11 Å². The van der Waals surface area contributed by atoms with Crippen LogP contribution in [0.15, 0.2) is 11.8 Å². The second-order valence-electron chi connectivity index (χ2n) is 3.82. The quantitative estimate of drug-likeness (QED) is 0.566. The van der Waals surface area contributed by atoms with Gasteiger partial charge in [0.15, 0.2) is 0 Å². The first kappa shape index (κ1) is 13.5. The van der Waals surface area contributed by atoms with Gasteiger partial charge in [-0.3, -0.25) is 5.32 Å². The Labute approximate surface area is 90.9 Å². The molecule has 0 heterocycles. The molecule has 0 unspecified atom stereocenters. The van der Waals surface area contributed by atoms with Crippen molar-refractivity contribution in [1.82, 2.24) is 5.32 Å². The van der Waals surface area contributed by atoms with Crippen LogP contribution < -0.4 is 5.32 Å². The normalized spacial score (nSPS) is 11.9. The molecular weight excluding hydrogens is 198 g/mol. The summed E-state index contributed by atoms with van der Waals surface area (Å²) in [5.74, 6) is -0.608. The molecule has 0 aliphatic carbocycles. The zero-order valence-electron chi connectivity index (χ0n) is 9.71. The molecule has 0 atom stereocenters. The SMILES string of the molecule is C/C=C(/NC(=O)OC(C)(C)C)C(=O)OC.[HH]. The van der Waals surface area contributed by atoms with Crippen molar-refractivity contribution >= 4 is 12.1 Å². The van der Waals surface area contributed by atoms with E-state index < -0.39 is 17.7 Å². The van der Waals surface area contributed by atoms with Crippen LogP contribution >= 0.6 is 0 Å². The molecule has 15 heavy (non-hydrogen) atoms. The first-order valence-electron chi connectivity index (χ1n) is 4.54. The fourth-order valence-corrected chi connectivity index (χ4v) is 0.765. The van der Waals surface area contributed by atoms with Crippen molar-refractivity contribution in [2.45, 2.75) is 33.3 Å². The zero-order chi connectivity index (χ0) is 12.1. The highest BCUT2D eigenvalue weighted by Gasteiger charge is 2.19. The largest absolute Gasteiger partial charge is 0.464 e. The van der Waals surface area contributed by atoms with Crippen LogP contribution in [0, 0.1) is 0 Å². The number of alkyl carbamates (subject to hydrolysis) is 1. The second kappa shape index (κ2) is 5.38. The number of hydrogen-bond acceptors (Lipinski definition) is 4. The lowest BCUT2D eigenvalue weighted by molar-refractivity contribution is -0.136.